The van der Waals surface area contributed by atoms with Crippen LogP contribution in [0, 0.1) is 0 Å². The van der Waals surface area contributed by atoms with E-state index < -0.39 is 0 Å². The molecular formula is C19H20N4. The fraction of sp³-hybridized carbons (Fsp3) is 0.158. The highest BCUT2D eigenvalue weighted by Gasteiger charge is 2.28. The molecule has 0 atom stereocenters. The van der Waals surface area contributed by atoms with Gasteiger partial charge in [-0.05, 0) is 38.1 Å². The van der Waals surface area contributed by atoms with Crippen molar-refractivity contribution in [2.45, 2.75) is 13.8 Å². The van der Waals surface area contributed by atoms with Crippen molar-refractivity contribution >= 4 is 22.8 Å². The van der Waals surface area contributed by atoms with Crippen molar-refractivity contribution in [3.63, 3.8) is 0 Å². The summed E-state index contributed by atoms with van der Waals surface area (Å²) in [5.41, 5.74) is 5.03. The van der Waals surface area contributed by atoms with E-state index in [1.54, 1.807) is 6.20 Å². The monoisotopic (exact) mass is 304 g/mol. The second-order valence-corrected chi connectivity index (χ2v) is 5.40. The molecule has 0 radical (unpaired) electrons. The van der Waals surface area contributed by atoms with E-state index in [0.717, 1.165) is 34.3 Å². The Labute approximate surface area is 137 Å². The lowest BCUT2D eigenvalue weighted by atomic mass is 10.2. The Balaban J connectivity index is 1.96. The van der Waals surface area contributed by atoms with Gasteiger partial charge in [0.1, 0.15) is 5.82 Å². The number of aromatic nitrogens is 1. The summed E-state index contributed by atoms with van der Waals surface area (Å²) in [5.74, 6) is 0.917. The van der Waals surface area contributed by atoms with Crippen LogP contribution in [0.25, 0.3) is 0 Å². The summed E-state index contributed by atoms with van der Waals surface area (Å²) in [5, 5.41) is 0. The van der Waals surface area contributed by atoms with Gasteiger partial charge in [0.25, 0.3) is 0 Å². The molecule has 0 saturated carbocycles. The van der Waals surface area contributed by atoms with E-state index in [0.29, 0.717) is 0 Å². The number of fused-ring (bicyclic) bond motifs is 1. The average Bonchev–Trinajstić information content (AvgIpc) is 2.84. The summed E-state index contributed by atoms with van der Waals surface area (Å²) < 4.78 is 0. The van der Waals surface area contributed by atoms with Gasteiger partial charge in [-0.1, -0.05) is 24.8 Å². The Bertz CT molecular complexity index is 787. The molecule has 2 heterocycles. The molecule has 1 aromatic carbocycles. The van der Waals surface area contributed by atoms with Crippen molar-refractivity contribution in [2.75, 3.05) is 16.8 Å². The summed E-state index contributed by atoms with van der Waals surface area (Å²) in [6.07, 6.45) is 5.54. The van der Waals surface area contributed by atoms with Crippen LogP contribution in [0.1, 0.15) is 19.5 Å². The van der Waals surface area contributed by atoms with Crippen molar-refractivity contribution in [1.82, 2.24) is 4.98 Å². The zero-order valence-corrected chi connectivity index (χ0v) is 13.7. The molecule has 2 aromatic rings. The van der Waals surface area contributed by atoms with Gasteiger partial charge >= 0.3 is 0 Å². The summed E-state index contributed by atoms with van der Waals surface area (Å²) in [7, 11) is 2.02. The first kappa shape index (κ1) is 15.0. The largest absolute Gasteiger partial charge is 0.329 e. The average molecular weight is 304 g/mol. The van der Waals surface area contributed by atoms with E-state index in [9.17, 15) is 0 Å². The van der Waals surface area contributed by atoms with Crippen molar-refractivity contribution in [3.05, 3.63) is 73.0 Å². The van der Waals surface area contributed by atoms with Gasteiger partial charge in [0.2, 0.25) is 0 Å². The van der Waals surface area contributed by atoms with Crippen LogP contribution in [0.4, 0.5) is 17.1 Å². The van der Waals surface area contributed by atoms with E-state index in [4.69, 9.17) is 0 Å². The molecule has 116 valence electrons. The van der Waals surface area contributed by atoms with E-state index in [2.05, 4.69) is 44.6 Å². The molecule has 4 nitrogen and oxygen atoms in total. The Kier molecular flexibility index (Phi) is 3.98. The predicted molar refractivity (Wildman–Crippen MR) is 97.4 cm³/mol. The molecule has 0 unspecified atom stereocenters. The van der Waals surface area contributed by atoms with Crippen LogP contribution >= 0.6 is 0 Å². The Morgan fingerprint density at radius 3 is 2.57 bits per heavy atom. The first-order valence-corrected chi connectivity index (χ1v) is 7.57. The van der Waals surface area contributed by atoms with Gasteiger partial charge < -0.3 is 4.90 Å². The molecule has 0 saturated heterocycles. The SMILES string of the molecule is C=C1N(C)c2ccccc2N1c1ccc(/C(C)=N/C=C\C)nc1. The van der Waals surface area contributed by atoms with Gasteiger partial charge in [0.15, 0.2) is 0 Å². The number of hydrogen-bond acceptors (Lipinski definition) is 4. The molecule has 0 aliphatic carbocycles. The van der Waals surface area contributed by atoms with Gasteiger partial charge in [-0.3, -0.25) is 14.9 Å². The van der Waals surface area contributed by atoms with Crippen LogP contribution in [-0.2, 0) is 0 Å². The lowest BCUT2D eigenvalue weighted by Gasteiger charge is -2.21. The van der Waals surface area contributed by atoms with Crippen LogP contribution in [0.15, 0.2) is 72.3 Å². The van der Waals surface area contributed by atoms with Gasteiger partial charge in [0.05, 0.1) is 34.7 Å². The standard InChI is InChI=1S/C19H20N4/c1-5-12-20-14(2)17-11-10-16(13-21-17)23-15(3)22(4)18-8-6-7-9-19(18)23/h5-13H,3H2,1-2,4H3/b12-5-,20-14+. The normalized spacial score (nSPS) is 14.7. The van der Waals surface area contributed by atoms with Crippen molar-refractivity contribution in [2.24, 2.45) is 4.99 Å². The molecule has 4 heteroatoms. The number of pyridine rings is 1. The fourth-order valence-corrected chi connectivity index (χ4v) is 2.64. The fourth-order valence-electron chi connectivity index (χ4n) is 2.64. The molecule has 1 aliphatic heterocycles. The first-order valence-electron chi connectivity index (χ1n) is 7.57. The van der Waals surface area contributed by atoms with Gasteiger partial charge in [-0.2, -0.15) is 0 Å². The van der Waals surface area contributed by atoms with Crippen LogP contribution in [0.2, 0.25) is 0 Å². The lowest BCUT2D eigenvalue weighted by Crippen LogP contribution is -2.20. The third-order valence-electron chi connectivity index (χ3n) is 3.92. The number of benzene rings is 1. The topological polar surface area (TPSA) is 31.7 Å². The van der Waals surface area contributed by atoms with Gasteiger partial charge in [-0.15, -0.1) is 0 Å². The van der Waals surface area contributed by atoms with Crippen LogP contribution in [-0.4, -0.2) is 17.7 Å². The Morgan fingerprint density at radius 1 is 1.17 bits per heavy atom. The number of anilines is 3. The smallest absolute Gasteiger partial charge is 0.110 e. The molecule has 23 heavy (non-hydrogen) atoms. The summed E-state index contributed by atoms with van der Waals surface area (Å²) in [6, 6.07) is 12.3. The second-order valence-electron chi connectivity index (χ2n) is 5.40. The Hall–Kier alpha value is -2.88. The van der Waals surface area contributed by atoms with Gasteiger partial charge in [0, 0.05) is 13.2 Å². The highest BCUT2D eigenvalue weighted by Crippen LogP contribution is 2.43. The molecular weight excluding hydrogens is 284 g/mol. The minimum atomic E-state index is 0.873. The summed E-state index contributed by atoms with van der Waals surface area (Å²) >= 11 is 0. The minimum absolute atomic E-state index is 0.873. The zero-order chi connectivity index (χ0) is 16.4. The zero-order valence-electron chi connectivity index (χ0n) is 13.7. The maximum absolute atomic E-state index is 4.54. The van der Waals surface area contributed by atoms with Crippen molar-refractivity contribution in [1.29, 1.82) is 0 Å². The highest BCUT2D eigenvalue weighted by atomic mass is 15.4. The van der Waals surface area contributed by atoms with Crippen LogP contribution < -0.4 is 9.80 Å². The van der Waals surface area contributed by atoms with E-state index in [1.807, 2.05) is 51.4 Å². The molecule has 0 fully saturated rings. The van der Waals surface area contributed by atoms with Crippen molar-refractivity contribution in [3.8, 4) is 0 Å². The molecule has 3 rings (SSSR count). The molecule has 1 aliphatic rings. The first-order chi connectivity index (χ1) is 11.1. The third-order valence-corrected chi connectivity index (χ3v) is 3.92. The molecule has 0 N–H and O–H groups in total. The maximum Gasteiger partial charge on any atom is 0.110 e. The van der Waals surface area contributed by atoms with Crippen LogP contribution in [0.3, 0.4) is 0 Å². The van der Waals surface area contributed by atoms with Crippen LogP contribution in [0.5, 0.6) is 0 Å². The molecule has 0 amide bonds. The lowest BCUT2D eigenvalue weighted by molar-refractivity contribution is 1.08. The summed E-state index contributed by atoms with van der Waals surface area (Å²) in [4.78, 5) is 13.1. The number of rotatable bonds is 3. The number of allylic oxidation sites excluding steroid dienone is 1. The van der Waals surface area contributed by atoms with Gasteiger partial charge in [-0.25, -0.2) is 0 Å². The Morgan fingerprint density at radius 2 is 1.91 bits per heavy atom. The third kappa shape index (κ3) is 2.63. The van der Waals surface area contributed by atoms with E-state index in [-0.39, 0.29) is 0 Å². The molecule has 0 spiro atoms. The minimum Gasteiger partial charge on any atom is -0.329 e. The second kappa shape index (κ2) is 6.08. The summed E-state index contributed by atoms with van der Waals surface area (Å²) in [6.45, 7) is 8.10. The quantitative estimate of drug-likeness (QED) is 0.783. The number of aliphatic imine (C=N–C) groups is 1. The number of hydrogen-bond donors (Lipinski definition) is 0. The van der Waals surface area contributed by atoms with E-state index >= 15 is 0 Å². The molecule has 1 aromatic heterocycles. The highest BCUT2D eigenvalue weighted by molar-refractivity contribution is 5.97. The number of nitrogens with zero attached hydrogens (tertiary/aromatic N) is 4. The van der Waals surface area contributed by atoms with Crippen molar-refractivity contribution < 1.29 is 0 Å². The molecule has 0 bridgehead atoms. The van der Waals surface area contributed by atoms with E-state index in [1.165, 1.54) is 0 Å². The maximum atomic E-state index is 4.54. The number of para-hydroxylation sites is 2. The predicted octanol–water partition coefficient (Wildman–Crippen LogP) is 4.48.